The average molecular weight is 461 g/mol. The zero-order valence-electron chi connectivity index (χ0n) is 17.6. The highest BCUT2D eigenvalue weighted by Crippen LogP contribution is 2.30. The number of fused-ring (bicyclic) bond motifs is 1. The lowest BCUT2D eigenvalue weighted by atomic mass is 10.1. The molecule has 1 fully saturated rings. The summed E-state index contributed by atoms with van der Waals surface area (Å²) in [7, 11) is -3.59. The summed E-state index contributed by atoms with van der Waals surface area (Å²) >= 11 is 6.04. The fourth-order valence-corrected chi connectivity index (χ4v) is 5.63. The Morgan fingerprint density at radius 3 is 2.45 bits per heavy atom. The molecular formula is C23H25ClN2O4S. The lowest BCUT2D eigenvalue weighted by molar-refractivity contribution is 0.0998. The van der Waals surface area contributed by atoms with E-state index in [-0.39, 0.29) is 10.7 Å². The molecule has 0 aliphatic carbocycles. The molecule has 1 saturated heterocycles. The number of benzene rings is 2. The number of rotatable bonds is 4. The van der Waals surface area contributed by atoms with E-state index in [9.17, 15) is 13.2 Å². The average Bonchev–Trinajstić information content (AvgIpc) is 2.91. The monoisotopic (exact) mass is 460 g/mol. The Morgan fingerprint density at radius 2 is 1.74 bits per heavy atom. The van der Waals surface area contributed by atoms with Crippen molar-refractivity contribution in [1.82, 2.24) is 4.31 Å². The molecule has 2 aromatic carbocycles. The number of hydrogen-bond acceptors (Lipinski definition) is 4. The van der Waals surface area contributed by atoms with Crippen LogP contribution in [0, 0.1) is 13.8 Å². The van der Waals surface area contributed by atoms with Crippen molar-refractivity contribution in [3.63, 3.8) is 0 Å². The number of nitrogens with zero attached hydrogens (tertiary/aromatic N) is 1. The van der Waals surface area contributed by atoms with E-state index in [1.807, 2.05) is 13.0 Å². The van der Waals surface area contributed by atoms with Crippen molar-refractivity contribution in [2.45, 2.75) is 44.4 Å². The second-order valence-corrected chi connectivity index (χ2v) is 10.3. The van der Waals surface area contributed by atoms with Gasteiger partial charge in [0.2, 0.25) is 10.0 Å². The van der Waals surface area contributed by atoms with Crippen LogP contribution in [0.1, 0.15) is 47.4 Å². The van der Waals surface area contributed by atoms with Gasteiger partial charge in [-0.1, -0.05) is 30.5 Å². The largest absolute Gasteiger partial charge is 0.451 e. The van der Waals surface area contributed by atoms with Crippen LogP contribution in [0.15, 0.2) is 45.7 Å². The summed E-state index contributed by atoms with van der Waals surface area (Å²) in [6.45, 7) is 4.71. The van der Waals surface area contributed by atoms with Crippen molar-refractivity contribution < 1.29 is 17.6 Å². The van der Waals surface area contributed by atoms with Crippen molar-refractivity contribution in [3.05, 3.63) is 58.3 Å². The van der Waals surface area contributed by atoms with Gasteiger partial charge in [0.15, 0.2) is 5.76 Å². The van der Waals surface area contributed by atoms with Gasteiger partial charge in [-0.3, -0.25) is 4.79 Å². The summed E-state index contributed by atoms with van der Waals surface area (Å²) in [5.41, 5.74) is 2.54. The fourth-order valence-electron chi connectivity index (χ4n) is 3.92. The first-order chi connectivity index (χ1) is 14.8. The molecule has 31 heavy (non-hydrogen) atoms. The molecule has 1 aliphatic rings. The Balaban J connectivity index is 1.66. The van der Waals surface area contributed by atoms with Crippen molar-refractivity contribution in [3.8, 4) is 0 Å². The number of carbonyl (C=O) groups is 1. The zero-order valence-corrected chi connectivity index (χ0v) is 19.1. The second-order valence-electron chi connectivity index (χ2n) is 7.95. The van der Waals surface area contributed by atoms with E-state index in [0.717, 1.165) is 31.2 Å². The van der Waals surface area contributed by atoms with Gasteiger partial charge < -0.3 is 9.73 Å². The number of aryl methyl sites for hydroxylation is 2. The maximum Gasteiger partial charge on any atom is 0.291 e. The summed E-state index contributed by atoms with van der Waals surface area (Å²) in [5.74, 6) is -0.255. The zero-order chi connectivity index (χ0) is 22.2. The molecule has 0 spiro atoms. The van der Waals surface area contributed by atoms with Gasteiger partial charge in [0, 0.05) is 34.7 Å². The molecule has 0 atom stereocenters. The Bertz CT molecular complexity index is 1240. The molecule has 1 aliphatic heterocycles. The normalized spacial score (nSPS) is 15.7. The Morgan fingerprint density at radius 1 is 1.03 bits per heavy atom. The lowest BCUT2D eigenvalue weighted by Gasteiger charge is -2.19. The highest BCUT2D eigenvalue weighted by atomic mass is 35.5. The smallest absolute Gasteiger partial charge is 0.291 e. The SMILES string of the molecule is Cc1ccc(Cl)cc1NC(=O)c1oc2ccc(S(=O)(=O)N3CCCCCC3)cc2c1C. The van der Waals surface area contributed by atoms with Crippen LogP contribution in [0.3, 0.4) is 0 Å². The number of nitrogens with one attached hydrogen (secondary N) is 1. The van der Waals surface area contributed by atoms with E-state index in [1.54, 1.807) is 41.6 Å². The Labute approximate surface area is 187 Å². The molecule has 1 amide bonds. The van der Waals surface area contributed by atoms with Gasteiger partial charge in [-0.15, -0.1) is 0 Å². The second kappa shape index (κ2) is 8.65. The number of anilines is 1. The highest BCUT2D eigenvalue weighted by Gasteiger charge is 2.27. The molecule has 3 aromatic rings. The van der Waals surface area contributed by atoms with E-state index in [0.29, 0.717) is 40.3 Å². The minimum atomic E-state index is -3.59. The molecule has 1 N–H and O–H groups in total. The van der Waals surface area contributed by atoms with E-state index >= 15 is 0 Å². The predicted octanol–water partition coefficient (Wildman–Crippen LogP) is 5.52. The van der Waals surface area contributed by atoms with Crippen LogP contribution in [0.25, 0.3) is 11.0 Å². The Hall–Kier alpha value is -2.35. The van der Waals surface area contributed by atoms with Crippen LogP contribution < -0.4 is 5.32 Å². The predicted molar refractivity (Wildman–Crippen MR) is 122 cm³/mol. The molecule has 2 heterocycles. The number of carbonyl (C=O) groups excluding carboxylic acids is 1. The molecule has 0 bridgehead atoms. The van der Waals surface area contributed by atoms with Crippen molar-refractivity contribution >= 4 is 44.2 Å². The summed E-state index contributed by atoms with van der Waals surface area (Å²) in [4.78, 5) is 13.1. The van der Waals surface area contributed by atoms with Gasteiger partial charge in [0.1, 0.15) is 5.58 Å². The van der Waals surface area contributed by atoms with E-state index in [2.05, 4.69) is 5.32 Å². The molecule has 164 valence electrons. The molecule has 0 radical (unpaired) electrons. The third kappa shape index (κ3) is 4.35. The standard InChI is InChI=1S/C23H25ClN2O4S/c1-15-7-8-17(24)13-20(15)25-23(27)22-16(2)19-14-18(9-10-21(19)30-22)31(28,29)26-11-5-3-4-6-12-26/h7-10,13-14H,3-6,11-12H2,1-2H3,(H,25,27). The van der Waals surface area contributed by atoms with Crippen LogP contribution in [-0.4, -0.2) is 31.7 Å². The number of sulfonamides is 1. The van der Waals surface area contributed by atoms with Gasteiger partial charge in [0.05, 0.1) is 4.90 Å². The van der Waals surface area contributed by atoms with Crippen LogP contribution in [-0.2, 0) is 10.0 Å². The van der Waals surface area contributed by atoms with Gasteiger partial charge >= 0.3 is 0 Å². The van der Waals surface area contributed by atoms with Crippen LogP contribution in [0.4, 0.5) is 5.69 Å². The Kier molecular flexibility index (Phi) is 6.10. The molecule has 0 unspecified atom stereocenters. The van der Waals surface area contributed by atoms with Crippen molar-refractivity contribution in [2.75, 3.05) is 18.4 Å². The number of halogens is 1. The number of hydrogen-bond donors (Lipinski definition) is 1. The molecule has 6 nitrogen and oxygen atoms in total. The third-order valence-electron chi connectivity index (χ3n) is 5.76. The van der Waals surface area contributed by atoms with Gasteiger partial charge in [-0.2, -0.15) is 4.31 Å². The minimum absolute atomic E-state index is 0.152. The van der Waals surface area contributed by atoms with E-state index in [1.165, 1.54) is 0 Å². The van der Waals surface area contributed by atoms with Gasteiger partial charge in [-0.25, -0.2) is 8.42 Å². The molecule has 4 rings (SSSR count). The number of furan rings is 1. The van der Waals surface area contributed by atoms with Crippen LogP contribution in [0.5, 0.6) is 0 Å². The van der Waals surface area contributed by atoms with Gasteiger partial charge in [0.25, 0.3) is 5.91 Å². The molecular weight excluding hydrogens is 436 g/mol. The van der Waals surface area contributed by atoms with Crippen molar-refractivity contribution in [1.29, 1.82) is 0 Å². The maximum atomic E-state index is 13.1. The van der Waals surface area contributed by atoms with E-state index in [4.69, 9.17) is 16.0 Å². The maximum absolute atomic E-state index is 13.1. The molecule has 0 saturated carbocycles. The number of amides is 1. The van der Waals surface area contributed by atoms with Crippen LogP contribution in [0.2, 0.25) is 5.02 Å². The van der Waals surface area contributed by atoms with Crippen molar-refractivity contribution in [2.24, 2.45) is 0 Å². The van der Waals surface area contributed by atoms with Gasteiger partial charge in [-0.05, 0) is 62.6 Å². The fraction of sp³-hybridized carbons (Fsp3) is 0.348. The summed E-state index contributed by atoms with van der Waals surface area (Å²) in [6.07, 6.45) is 3.85. The summed E-state index contributed by atoms with van der Waals surface area (Å²) < 4.78 is 33.6. The minimum Gasteiger partial charge on any atom is -0.451 e. The first-order valence-corrected chi connectivity index (χ1v) is 12.2. The third-order valence-corrected chi connectivity index (χ3v) is 7.89. The molecule has 1 aromatic heterocycles. The highest BCUT2D eigenvalue weighted by molar-refractivity contribution is 7.89. The van der Waals surface area contributed by atoms with Crippen LogP contribution >= 0.6 is 11.6 Å². The molecule has 8 heteroatoms. The first kappa shape index (κ1) is 21.9. The topological polar surface area (TPSA) is 79.6 Å². The quantitative estimate of drug-likeness (QED) is 0.555. The lowest BCUT2D eigenvalue weighted by Crippen LogP contribution is -2.31. The summed E-state index contributed by atoms with van der Waals surface area (Å²) in [6, 6.07) is 10.0. The first-order valence-electron chi connectivity index (χ1n) is 10.4. The van der Waals surface area contributed by atoms with E-state index < -0.39 is 15.9 Å². The summed E-state index contributed by atoms with van der Waals surface area (Å²) in [5, 5.41) is 3.96.